The minimum absolute atomic E-state index is 0.234. The third-order valence-corrected chi connectivity index (χ3v) is 6.13. The summed E-state index contributed by atoms with van der Waals surface area (Å²) in [6.07, 6.45) is -1.25. The molecule has 2 heterocycles. The largest absolute Gasteiger partial charge is 0.480 e. The van der Waals surface area contributed by atoms with E-state index in [4.69, 9.17) is 0 Å². The van der Waals surface area contributed by atoms with Gasteiger partial charge in [-0.1, -0.05) is 18.2 Å². The molecule has 1 aromatic rings. The Balaban J connectivity index is 1.93. The van der Waals surface area contributed by atoms with Crippen LogP contribution in [0.1, 0.15) is 42.1 Å². The van der Waals surface area contributed by atoms with E-state index in [1.165, 1.54) is 23.6 Å². The van der Waals surface area contributed by atoms with Crippen molar-refractivity contribution >= 4 is 29.5 Å². The Hall–Kier alpha value is -2.06. The maximum absolute atomic E-state index is 12.8. The van der Waals surface area contributed by atoms with Crippen LogP contribution in [-0.4, -0.2) is 55.8 Å². The molecule has 2 amide bonds. The lowest BCUT2D eigenvalue weighted by Crippen LogP contribution is -2.57. The minimum atomic E-state index is -1.42. The van der Waals surface area contributed by atoms with Crippen LogP contribution in [0.3, 0.4) is 0 Å². The maximum Gasteiger partial charge on any atom is 0.328 e. The van der Waals surface area contributed by atoms with E-state index in [0.29, 0.717) is 5.56 Å². The highest BCUT2D eigenvalue weighted by atomic mass is 32.2. The standard InChI is InChI=1S/C17H20N2O5S/c1-8(20)11(16(23)24)18-13(21)12-17(2,3)25-15-10-7-5-4-6-9(10)14(22)19(12)15/h4-8,11-12,15,20H,1-3H3,(H,18,21)(H,23,24). The van der Waals surface area contributed by atoms with Gasteiger partial charge in [0.1, 0.15) is 11.4 Å². The maximum atomic E-state index is 12.8. The van der Waals surface area contributed by atoms with Crippen LogP contribution >= 0.6 is 11.8 Å². The number of hydrogen-bond donors (Lipinski definition) is 3. The van der Waals surface area contributed by atoms with Crippen molar-refractivity contribution in [2.45, 2.75) is 49.1 Å². The fourth-order valence-electron chi connectivity index (χ4n) is 3.43. The lowest BCUT2D eigenvalue weighted by Gasteiger charge is -2.31. The van der Waals surface area contributed by atoms with Crippen LogP contribution in [0.4, 0.5) is 0 Å². The summed E-state index contributed by atoms with van der Waals surface area (Å²) in [5, 5.41) is 20.9. The van der Waals surface area contributed by atoms with Gasteiger partial charge in [0.25, 0.3) is 5.91 Å². The van der Waals surface area contributed by atoms with Gasteiger partial charge < -0.3 is 20.4 Å². The first-order valence-electron chi connectivity index (χ1n) is 7.96. The Morgan fingerprint density at radius 2 is 1.96 bits per heavy atom. The van der Waals surface area contributed by atoms with E-state index in [2.05, 4.69) is 5.32 Å². The molecule has 1 aromatic carbocycles. The van der Waals surface area contributed by atoms with Crippen LogP contribution in [0.25, 0.3) is 0 Å². The van der Waals surface area contributed by atoms with Crippen molar-refractivity contribution in [3.05, 3.63) is 35.4 Å². The Morgan fingerprint density at radius 3 is 2.56 bits per heavy atom. The first kappa shape index (κ1) is 17.8. The Kier molecular flexibility index (Phi) is 4.28. The summed E-state index contributed by atoms with van der Waals surface area (Å²) in [5.41, 5.74) is 1.43. The molecule has 1 saturated heterocycles. The van der Waals surface area contributed by atoms with Gasteiger partial charge in [-0.25, -0.2) is 4.79 Å². The summed E-state index contributed by atoms with van der Waals surface area (Å²) in [4.78, 5) is 38.4. The lowest BCUT2D eigenvalue weighted by molar-refractivity contribution is -0.145. The summed E-state index contributed by atoms with van der Waals surface area (Å²) in [7, 11) is 0. The van der Waals surface area contributed by atoms with Gasteiger partial charge in [0.15, 0.2) is 6.04 Å². The number of aliphatic hydroxyl groups is 1. The number of benzene rings is 1. The van der Waals surface area contributed by atoms with Crippen molar-refractivity contribution in [3.8, 4) is 0 Å². The van der Waals surface area contributed by atoms with Crippen molar-refractivity contribution in [1.82, 2.24) is 10.2 Å². The number of carboxylic acids is 1. The van der Waals surface area contributed by atoms with E-state index >= 15 is 0 Å². The number of rotatable bonds is 4. The Morgan fingerprint density at radius 1 is 1.32 bits per heavy atom. The molecule has 1 fully saturated rings. The highest BCUT2D eigenvalue weighted by Crippen LogP contribution is 2.56. The zero-order valence-electron chi connectivity index (χ0n) is 14.1. The first-order chi connectivity index (χ1) is 11.6. The summed E-state index contributed by atoms with van der Waals surface area (Å²) in [6, 6.07) is 4.98. The highest BCUT2D eigenvalue weighted by Gasteiger charge is 2.57. The summed E-state index contributed by atoms with van der Waals surface area (Å²) >= 11 is 1.50. The molecule has 3 N–H and O–H groups in total. The molecule has 4 atom stereocenters. The molecule has 7 nitrogen and oxygen atoms in total. The van der Waals surface area contributed by atoms with Crippen molar-refractivity contribution in [1.29, 1.82) is 0 Å². The number of nitrogens with zero attached hydrogens (tertiary/aromatic N) is 1. The second kappa shape index (κ2) is 6.03. The fourth-order valence-corrected chi connectivity index (χ4v) is 5.01. The van der Waals surface area contributed by atoms with Gasteiger partial charge in [-0.05, 0) is 32.4 Å². The molecule has 2 aliphatic heterocycles. The second-order valence-corrected chi connectivity index (χ2v) is 8.58. The van der Waals surface area contributed by atoms with Crippen LogP contribution < -0.4 is 5.32 Å². The van der Waals surface area contributed by atoms with Gasteiger partial charge in [-0.3, -0.25) is 9.59 Å². The zero-order chi connectivity index (χ0) is 18.5. The van der Waals surface area contributed by atoms with E-state index in [1.54, 1.807) is 12.1 Å². The molecule has 0 bridgehead atoms. The van der Waals surface area contributed by atoms with Gasteiger partial charge in [0.2, 0.25) is 5.91 Å². The molecule has 0 aromatic heterocycles. The van der Waals surface area contributed by atoms with Crippen molar-refractivity contribution in [2.24, 2.45) is 0 Å². The van der Waals surface area contributed by atoms with Crippen LogP contribution in [-0.2, 0) is 9.59 Å². The lowest BCUT2D eigenvalue weighted by atomic mass is 10.00. The highest BCUT2D eigenvalue weighted by molar-refractivity contribution is 8.01. The van der Waals surface area contributed by atoms with E-state index in [-0.39, 0.29) is 11.3 Å². The zero-order valence-corrected chi connectivity index (χ0v) is 14.9. The number of amides is 2. The SMILES string of the molecule is CC(O)C(NC(=O)C1N2C(=O)c3ccccc3C2SC1(C)C)C(=O)O. The van der Waals surface area contributed by atoms with E-state index < -0.39 is 34.8 Å². The molecular formula is C17H20N2O5S. The summed E-state index contributed by atoms with van der Waals surface area (Å²) in [5.74, 6) is -2.13. The van der Waals surface area contributed by atoms with Crippen LogP contribution in [0.2, 0.25) is 0 Å². The van der Waals surface area contributed by atoms with E-state index in [1.807, 2.05) is 26.0 Å². The van der Waals surface area contributed by atoms with E-state index in [0.717, 1.165) is 5.56 Å². The van der Waals surface area contributed by atoms with Gasteiger partial charge in [0.05, 0.1) is 6.10 Å². The predicted octanol–water partition coefficient (Wildman–Crippen LogP) is 0.985. The number of aliphatic carboxylic acids is 1. The molecule has 4 unspecified atom stereocenters. The number of hydrogen-bond acceptors (Lipinski definition) is 5. The molecule has 0 saturated carbocycles. The normalized spacial score (nSPS) is 25.9. The van der Waals surface area contributed by atoms with Crippen molar-refractivity contribution < 1.29 is 24.6 Å². The predicted molar refractivity (Wildman–Crippen MR) is 92.1 cm³/mol. The third-order valence-electron chi connectivity index (χ3n) is 4.59. The molecule has 25 heavy (non-hydrogen) atoms. The molecule has 8 heteroatoms. The number of nitrogens with one attached hydrogen (secondary N) is 1. The Labute approximate surface area is 149 Å². The number of carbonyl (C=O) groups excluding carboxylic acids is 2. The van der Waals surface area contributed by atoms with Gasteiger partial charge in [-0.2, -0.15) is 0 Å². The van der Waals surface area contributed by atoms with E-state index in [9.17, 15) is 24.6 Å². The number of thioether (sulfide) groups is 1. The monoisotopic (exact) mass is 364 g/mol. The third kappa shape index (κ3) is 2.79. The van der Waals surface area contributed by atoms with Crippen molar-refractivity contribution in [3.63, 3.8) is 0 Å². The van der Waals surface area contributed by atoms with Gasteiger partial charge in [0, 0.05) is 10.3 Å². The van der Waals surface area contributed by atoms with Crippen LogP contribution in [0.5, 0.6) is 0 Å². The number of carboxylic acid groups (broad SMARTS) is 1. The summed E-state index contributed by atoms with van der Waals surface area (Å²) < 4.78 is -0.598. The fraction of sp³-hybridized carbons (Fsp3) is 0.471. The van der Waals surface area contributed by atoms with Crippen molar-refractivity contribution in [2.75, 3.05) is 0 Å². The van der Waals surface area contributed by atoms with Gasteiger partial charge >= 0.3 is 5.97 Å². The quantitative estimate of drug-likeness (QED) is 0.735. The average molecular weight is 364 g/mol. The first-order valence-corrected chi connectivity index (χ1v) is 8.84. The molecule has 0 spiro atoms. The minimum Gasteiger partial charge on any atom is -0.480 e. The molecule has 134 valence electrons. The smallest absolute Gasteiger partial charge is 0.328 e. The Bertz CT molecular complexity index is 748. The van der Waals surface area contributed by atoms with Crippen LogP contribution in [0, 0.1) is 0 Å². The molecule has 3 rings (SSSR count). The van der Waals surface area contributed by atoms with Gasteiger partial charge in [-0.15, -0.1) is 11.8 Å². The molecule has 2 aliphatic rings. The average Bonchev–Trinajstić information content (AvgIpc) is 2.95. The topological polar surface area (TPSA) is 107 Å². The molecular weight excluding hydrogens is 344 g/mol. The number of carbonyl (C=O) groups is 3. The molecule has 0 radical (unpaired) electrons. The summed E-state index contributed by atoms with van der Waals surface area (Å²) in [6.45, 7) is 5.01. The number of fused-ring (bicyclic) bond motifs is 3. The second-order valence-electron chi connectivity index (χ2n) is 6.84. The molecule has 0 aliphatic carbocycles. The number of aliphatic hydroxyl groups excluding tert-OH is 1. The van der Waals surface area contributed by atoms with Crippen LogP contribution in [0.15, 0.2) is 24.3 Å².